The van der Waals surface area contributed by atoms with Crippen LogP contribution in [-0.4, -0.2) is 31.1 Å². The molecule has 4 fully saturated rings. The van der Waals surface area contributed by atoms with Crippen LogP contribution in [0.15, 0.2) is 24.3 Å². The number of benzene rings is 1. The van der Waals surface area contributed by atoms with Gasteiger partial charge in [0.15, 0.2) is 6.61 Å². The van der Waals surface area contributed by atoms with Crippen molar-refractivity contribution in [3.05, 3.63) is 29.8 Å². The lowest BCUT2D eigenvalue weighted by molar-refractivity contribution is -0.149. The minimum Gasteiger partial charge on any atom is -0.497 e. The molecule has 0 aliphatic heterocycles. The van der Waals surface area contributed by atoms with Crippen LogP contribution in [0.4, 0.5) is 0 Å². The quantitative estimate of drug-likeness (QED) is 0.795. The Labute approximate surface area is 154 Å². The molecule has 4 bridgehead atoms. The van der Waals surface area contributed by atoms with Crippen molar-refractivity contribution in [1.29, 1.82) is 0 Å². The normalized spacial score (nSPS) is 31.5. The van der Waals surface area contributed by atoms with E-state index in [1.54, 1.807) is 7.11 Å². The fourth-order valence-corrected chi connectivity index (χ4v) is 5.70. The maximum atomic E-state index is 12.4. The number of hydrogen-bond acceptors (Lipinski definition) is 4. The van der Waals surface area contributed by atoms with Gasteiger partial charge in [-0.2, -0.15) is 0 Å². The summed E-state index contributed by atoms with van der Waals surface area (Å²) in [6.07, 6.45) is 7.48. The van der Waals surface area contributed by atoms with E-state index in [-0.39, 0.29) is 30.4 Å². The Bertz CT molecular complexity index is 646. The summed E-state index contributed by atoms with van der Waals surface area (Å²) in [6.45, 7) is -0.184. The molecule has 0 heterocycles. The van der Waals surface area contributed by atoms with E-state index in [4.69, 9.17) is 9.47 Å². The lowest BCUT2D eigenvalue weighted by Crippen LogP contribution is -2.60. The van der Waals surface area contributed by atoms with Gasteiger partial charge in [0.25, 0.3) is 5.91 Å². The summed E-state index contributed by atoms with van der Waals surface area (Å²) in [5.41, 5.74) is 0.811. The summed E-state index contributed by atoms with van der Waals surface area (Å²) >= 11 is 0. The number of ether oxygens (including phenoxy) is 2. The van der Waals surface area contributed by atoms with E-state index in [0.717, 1.165) is 48.3 Å². The highest BCUT2D eigenvalue weighted by molar-refractivity contribution is 5.81. The summed E-state index contributed by atoms with van der Waals surface area (Å²) in [4.78, 5) is 24.4. The molecule has 0 atom stereocenters. The number of nitrogens with one attached hydrogen (secondary N) is 1. The van der Waals surface area contributed by atoms with Crippen LogP contribution in [0.25, 0.3) is 0 Å². The van der Waals surface area contributed by atoms with Gasteiger partial charge in [0, 0.05) is 5.54 Å². The Hall–Kier alpha value is -2.04. The van der Waals surface area contributed by atoms with Gasteiger partial charge >= 0.3 is 5.97 Å². The third-order valence-corrected chi connectivity index (χ3v) is 6.31. The predicted octanol–water partition coefficient (Wildman–Crippen LogP) is 2.87. The first-order valence-electron chi connectivity index (χ1n) is 9.63. The molecule has 1 aromatic rings. The van der Waals surface area contributed by atoms with Crippen LogP contribution in [0.3, 0.4) is 0 Å². The molecular formula is C21H27NO4. The minimum atomic E-state index is -0.379. The predicted molar refractivity (Wildman–Crippen MR) is 96.7 cm³/mol. The van der Waals surface area contributed by atoms with Gasteiger partial charge in [-0.25, -0.2) is 0 Å². The average molecular weight is 357 g/mol. The van der Waals surface area contributed by atoms with Gasteiger partial charge in [0.05, 0.1) is 13.5 Å². The molecule has 5 nitrogen and oxygen atoms in total. The van der Waals surface area contributed by atoms with Crippen molar-refractivity contribution in [3.63, 3.8) is 0 Å². The fourth-order valence-electron chi connectivity index (χ4n) is 5.70. The van der Waals surface area contributed by atoms with Crippen molar-refractivity contribution in [1.82, 2.24) is 5.32 Å². The topological polar surface area (TPSA) is 64.6 Å². The second-order valence-electron chi connectivity index (χ2n) is 8.43. The van der Waals surface area contributed by atoms with Crippen molar-refractivity contribution < 1.29 is 19.1 Å². The molecule has 4 aliphatic rings. The van der Waals surface area contributed by atoms with E-state index in [1.165, 1.54) is 19.3 Å². The fraction of sp³-hybridized carbons (Fsp3) is 0.619. The highest BCUT2D eigenvalue weighted by atomic mass is 16.5. The van der Waals surface area contributed by atoms with E-state index in [9.17, 15) is 9.59 Å². The smallest absolute Gasteiger partial charge is 0.310 e. The molecule has 0 saturated heterocycles. The highest BCUT2D eigenvalue weighted by Crippen LogP contribution is 2.55. The van der Waals surface area contributed by atoms with E-state index in [0.29, 0.717) is 0 Å². The number of carbonyl (C=O) groups excluding carboxylic acids is 2. The van der Waals surface area contributed by atoms with Gasteiger partial charge in [0.1, 0.15) is 5.75 Å². The lowest BCUT2D eigenvalue weighted by atomic mass is 9.53. The standard InChI is InChI=1S/C21H27NO4/c1-25-18-4-2-14(3-5-18)9-20(24)26-13-19(23)22-21-10-15-6-16(11-21)8-17(7-15)12-21/h2-5,15-17H,6-13H2,1H3,(H,22,23). The molecule has 0 aromatic heterocycles. The van der Waals surface area contributed by atoms with E-state index in [2.05, 4.69) is 5.32 Å². The van der Waals surface area contributed by atoms with Gasteiger partial charge in [-0.05, 0) is 74.0 Å². The van der Waals surface area contributed by atoms with Crippen molar-refractivity contribution in [3.8, 4) is 5.75 Å². The molecule has 1 aromatic carbocycles. The number of carbonyl (C=O) groups is 2. The van der Waals surface area contributed by atoms with Gasteiger partial charge in [-0.3, -0.25) is 9.59 Å². The van der Waals surface area contributed by atoms with Crippen LogP contribution in [0.1, 0.15) is 44.1 Å². The van der Waals surface area contributed by atoms with Gasteiger partial charge in [-0.15, -0.1) is 0 Å². The van der Waals surface area contributed by atoms with Crippen LogP contribution >= 0.6 is 0 Å². The molecule has 0 spiro atoms. The second-order valence-corrected chi connectivity index (χ2v) is 8.43. The Balaban J connectivity index is 1.25. The Morgan fingerprint density at radius 2 is 1.62 bits per heavy atom. The monoisotopic (exact) mass is 357 g/mol. The molecule has 4 aliphatic carbocycles. The maximum Gasteiger partial charge on any atom is 0.310 e. The lowest BCUT2D eigenvalue weighted by Gasteiger charge is -2.56. The van der Waals surface area contributed by atoms with Gasteiger partial charge in [-0.1, -0.05) is 12.1 Å². The van der Waals surface area contributed by atoms with Crippen LogP contribution in [0.5, 0.6) is 5.75 Å². The molecule has 5 rings (SSSR count). The third-order valence-electron chi connectivity index (χ3n) is 6.31. The number of rotatable bonds is 6. The summed E-state index contributed by atoms with van der Waals surface area (Å²) in [5, 5.41) is 3.23. The van der Waals surface area contributed by atoms with Crippen LogP contribution in [0, 0.1) is 17.8 Å². The zero-order valence-electron chi connectivity index (χ0n) is 15.3. The van der Waals surface area contributed by atoms with Crippen molar-refractivity contribution in [2.45, 2.75) is 50.5 Å². The summed E-state index contributed by atoms with van der Waals surface area (Å²) in [7, 11) is 1.60. The van der Waals surface area contributed by atoms with Crippen LogP contribution in [-0.2, 0) is 20.7 Å². The molecule has 1 amide bonds. The Morgan fingerprint density at radius 1 is 1.04 bits per heavy atom. The second kappa shape index (κ2) is 6.93. The molecule has 26 heavy (non-hydrogen) atoms. The van der Waals surface area contributed by atoms with Crippen LogP contribution in [0.2, 0.25) is 0 Å². The molecule has 1 N–H and O–H groups in total. The molecule has 140 valence electrons. The Kier molecular flexibility index (Phi) is 4.63. The zero-order chi connectivity index (χ0) is 18.1. The number of methoxy groups -OCH3 is 1. The first-order valence-corrected chi connectivity index (χ1v) is 9.63. The number of esters is 1. The Morgan fingerprint density at radius 3 is 2.15 bits per heavy atom. The van der Waals surface area contributed by atoms with E-state index < -0.39 is 0 Å². The van der Waals surface area contributed by atoms with Crippen molar-refractivity contribution in [2.75, 3.05) is 13.7 Å². The first-order chi connectivity index (χ1) is 12.5. The average Bonchev–Trinajstić information content (AvgIpc) is 2.59. The van der Waals surface area contributed by atoms with E-state index >= 15 is 0 Å². The summed E-state index contributed by atoms with van der Waals surface area (Å²) < 4.78 is 10.3. The van der Waals surface area contributed by atoms with Crippen molar-refractivity contribution in [2.24, 2.45) is 17.8 Å². The maximum absolute atomic E-state index is 12.4. The SMILES string of the molecule is COc1ccc(CC(=O)OCC(=O)NC23CC4CC(CC(C4)C2)C3)cc1. The van der Waals surface area contributed by atoms with E-state index in [1.807, 2.05) is 24.3 Å². The van der Waals surface area contributed by atoms with Gasteiger partial charge < -0.3 is 14.8 Å². The first kappa shape index (κ1) is 17.4. The molecule has 0 radical (unpaired) electrons. The van der Waals surface area contributed by atoms with Gasteiger partial charge in [0.2, 0.25) is 0 Å². The zero-order valence-corrected chi connectivity index (χ0v) is 15.3. The number of amides is 1. The number of hydrogen-bond donors (Lipinski definition) is 1. The third kappa shape index (κ3) is 3.71. The summed E-state index contributed by atoms with van der Waals surface area (Å²) in [5.74, 6) is 2.54. The van der Waals surface area contributed by atoms with Crippen LogP contribution < -0.4 is 10.1 Å². The molecule has 4 saturated carbocycles. The van der Waals surface area contributed by atoms with Crippen molar-refractivity contribution >= 4 is 11.9 Å². The molecule has 5 heteroatoms. The molecular weight excluding hydrogens is 330 g/mol. The largest absolute Gasteiger partial charge is 0.497 e. The minimum absolute atomic E-state index is 0.0335. The summed E-state index contributed by atoms with van der Waals surface area (Å²) in [6, 6.07) is 7.27. The highest BCUT2D eigenvalue weighted by Gasteiger charge is 2.51. The molecule has 0 unspecified atom stereocenters.